The van der Waals surface area contributed by atoms with E-state index in [9.17, 15) is 8.42 Å². The Bertz CT molecular complexity index is 559. The Hall–Kier alpha value is -0.920. The maximum atomic E-state index is 12.4. The van der Waals surface area contributed by atoms with E-state index in [1.165, 1.54) is 0 Å². The topological polar surface area (TPSA) is 86.9 Å². The molecule has 1 aromatic rings. The number of nitrogens with one attached hydrogen (secondary N) is 3. The molecule has 0 radical (unpaired) electrons. The van der Waals surface area contributed by atoms with Crippen LogP contribution in [-0.2, 0) is 16.6 Å². The summed E-state index contributed by atoms with van der Waals surface area (Å²) in [7, 11) is -3.53. The molecular weight excluding hydrogens is 276 g/mol. The van der Waals surface area contributed by atoms with Gasteiger partial charge in [0.05, 0.1) is 0 Å². The Morgan fingerprint density at radius 3 is 2.60 bits per heavy atom. The van der Waals surface area contributed by atoms with Crippen LogP contribution in [-0.4, -0.2) is 30.7 Å². The summed E-state index contributed by atoms with van der Waals surface area (Å²) in [6.45, 7) is 8.52. The Morgan fingerprint density at radius 2 is 2.05 bits per heavy atom. The Morgan fingerprint density at radius 1 is 1.40 bits per heavy atom. The molecule has 0 amide bonds. The minimum Gasteiger partial charge on any atom is -0.310 e. The van der Waals surface area contributed by atoms with Gasteiger partial charge >= 0.3 is 0 Å². The van der Waals surface area contributed by atoms with E-state index >= 15 is 0 Å². The number of sulfonamides is 1. The Labute approximate surface area is 120 Å². The molecule has 0 aliphatic heterocycles. The molecule has 6 nitrogen and oxygen atoms in total. The maximum Gasteiger partial charge on any atom is 0.260 e. The van der Waals surface area contributed by atoms with Gasteiger partial charge in [-0.25, -0.2) is 13.1 Å². The first-order valence-electron chi connectivity index (χ1n) is 7.09. The van der Waals surface area contributed by atoms with Crippen molar-refractivity contribution in [1.82, 2.24) is 20.2 Å². The predicted octanol–water partition coefficient (Wildman–Crippen LogP) is 1.29. The summed E-state index contributed by atoms with van der Waals surface area (Å²) in [6.07, 6.45) is 1.81. The normalized spacial score (nSPS) is 23.1. The lowest BCUT2D eigenvalue weighted by molar-refractivity contribution is 0.270. The van der Waals surface area contributed by atoms with Crippen molar-refractivity contribution in [2.45, 2.75) is 64.2 Å². The van der Waals surface area contributed by atoms with Crippen molar-refractivity contribution >= 4 is 10.0 Å². The number of aromatic nitrogens is 2. The highest BCUT2D eigenvalue weighted by molar-refractivity contribution is 7.89. The molecule has 0 saturated heterocycles. The SMILES string of the molecule is Cc1[nH]nc(S(=O)(=O)NC2CC(C)C2)c1CNC(C)C. The molecule has 1 fully saturated rings. The molecular formula is C13H24N4O2S. The van der Waals surface area contributed by atoms with Gasteiger partial charge in [0.2, 0.25) is 0 Å². The summed E-state index contributed by atoms with van der Waals surface area (Å²) in [5.41, 5.74) is 1.51. The van der Waals surface area contributed by atoms with Crippen LogP contribution in [0, 0.1) is 12.8 Å². The highest BCUT2D eigenvalue weighted by Gasteiger charge is 2.32. The van der Waals surface area contributed by atoms with Crippen LogP contribution in [0.3, 0.4) is 0 Å². The molecule has 0 unspecified atom stereocenters. The summed E-state index contributed by atoms with van der Waals surface area (Å²) in [5, 5.41) is 10.1. The minimum atomic E-state index is -3.53. The number of hydrogen-bond acceptors (Lipinski definition) is 4. The lowest BCUT2D eigenvalue weighted by Crippen LogP contribution is -2.43. The molecule has 0 aromatic carbocycles. The fourth-order valence-corrected chi connectivity index (χ4v) is 3.90. The molecule has 20 heavy (non-hydrogen) atoms. The first-order chi connectivity index (χ1) is 9.29. The average Bonchev–Trinajstić information content (AvgIpc) is 2.66. The van der Waals surface area contributed by atoms with E-state index in [1.807, 2.05) is 20.8 Å². The van der Waals surface area contributed by atoms with E-state index < -0.39 is 10.0 Å². The van der Waals surface area contributed by atoms with Gasteiger partial charge in [-0.2, -0.15) is 5.10 Å². The fraction of sp³-hybridized carbons (Fsp3) is 0.769. The second-order valence-corrected chi connectivity index (χ2v) is 7.69. The summed E-state index contributed by atoms with van der Waals surface area (Å²) in [4.78, 5) is 0. The largest absolute Gasteiger partial charge is 0.310 e. The molecule has 0 atom stereocenters. The van der Waals surface area contributed by atoms with Crippen molar-refractivity contribution in [3.8, 4) is 0 Å². The molecule has 114 valence electrons. The molecule has 3 N–H and O–H groups in total. The van der Waals surface area contributed by atoms with Crippen LogP contribution in [0.4, 0.5) is 0 Å². The van der Waals surface area contributed by atoms with Crippen LogP contribution >= 0.6 is 0 Å². The van der Waals surface area contributed by atoms with Gasteiger partial charge in [0.15, 0.2) is 5.03 Å². The van der Waals surface area contributed by atoms with Gasteiger partial charge in [-0.15, -0.1) is 0 Å². The van der Waals surface area contributed by atoms with Gasteiger partial charge in [0, 0.05) is 29.9 Å². The first kappa shape index (κ1) is 15.5. The molecule has 0 spiro atoms. The van der Waals surface area contributed by atoms with Gasteiger partial charge in [-0.1, -0.05) is 20.8 Å². The van der Waals surface area contributed by atoms with E-state index in [1.54, 1.807) is 0 Å². The fourth-order valence-electron chi connectivity index (χ4n) is 2.44. The van der Waals surface area contributed by atoms with Gasteiger partial charge in [0.25, 0.3) is 10.0 Å². The van der Waals surface area contributed by atoms with Crippen LogP contribution in [0.2, 0.25) is 0 Å². The van der Waals surface area contributed by atoms with Crippen LogP contribution in [0.25, 0.3) is 0 Å². The van der Waals surface area contributed by atoms with Crippen LogP contribution < -0.4 is 10.0 Å². The monoisotopic (exact) mass is 300 g/mol. The molecule has 0 bridgehead atoms. The van der Waals surface area contributed by atoms with E-state index in [0.717, 1.165) is 24.1 Å². The third-order valence-corrected chi connectivity index (χ3v) is 5.16. The summed E-state index contributed by atoms with van der Waals surface area (Å²) in [6, 6.07) is 0.346. The molecule has 1 aliphatic carbocycles. The highest BCUT2D eigenvalue weighted by Crippen LogP contribution is 2.28. The van der Waals surface area contributed by atoms with Crippen molar-refractivity contribution in [2.75, 3.05) is 0 Å². The second-order valence-electron chi connectivity index (χ2n) is 6.06. The zero-order valence-electron chi connectivity index (χ0n) is 12.5. The first-order valence-corrected chi connectivity index (χ1v) is 8.57. The predicted molar refractivity (Wildman–Crippen MR) is 77.8 cm³/mol. The number of H-pyrrole nitrogens is 1. The van der Waals surface area contributed by atoms with Crippen LogP contribution in [0.1, 0.15) is 44.9 Å². The number of hydrogen-bond donors (Lipinski definition) is 3. The molecule has 2 rings (SSSR count). The van der Waals surface area contributed by atoms with E-state index in [-0.39, 0.29) is 11.1 Å². The van der Waals surface area contributed by atoms with Crippen molar-refractivity contribution < 1.29 is 8.42 Å². The number of aryl methyl sites for hydroxylation is 1. The zero-order valence-corrected chi connectivity index (χ0v) is 13.3. The summed E-state index contributed by atoms with van der Waals surface area (Å²) < 4.78 is 27.5. The maximum absolute atomic E-state index is 12.4. The quantitative estimate of drug-likeness (QED) is 0.739. The molecule has 7 heteroatoms. The van der Waals surface area contributed by atoms with Gasteiger partial charge in [-0.3, -0.25) is 5.10 Å². The number of rotatable bonds is 6. The van der Waals surface area contributed by atoms with Crippen LogP contribution in [0.15, 0.2) is 5.03 Å². The third kappa shape index (κ3) is 3.39. The lowest BCUT2D eigenvalue weighted by atomic mass is 9.83. The Kier molecular flexibility index (Phi) is 4.51. The lowest BCUT2D eigenvalue weighted by Gasteiger charge is -2.32. The number of aromatic amines is 1. The standard InChI is InChI=1S/C13H24N4O2S/c1-8(2)14-7-12-10(4)15-16-13(12)20(18,19)17-11-5-9(3)6-11/h8-9,11,14,17H,5-7H2,1-4H3,(H,15,16). The second kappa shape index (κ2) is 5.83. The van der Waals surface area contributed by atoms with Gasteiger partial charge < -0.3 is 5.32 Å². The van der Waals surface area contributed by atoms with Crippen molar-refractivity contribution in [3.63, 3.8) is 0 Å². The number of nitrogens with zero attached hydrogens (tertiary/aromatic N) is 1. The van der Waals surface area contributed by atoms with Crippen molar-refractivity contribution in [3.05, 3.63) is 11.3 Å². The highest BCUT2D eigenvalue weighted by atomic mass is 32.2. The minimum absolute atomic E-state index is 0.0536. The third-order valence-electron chi connectivity index (χ3n) is 3.67. The molecule has 1 saturated carbocycles. The van der Waals surface area contributed by atoms with E-state index in [0.29, 0.717) is 18.5 Å². The van der Waals surface area contributed by atoms with Crippen molar-refractivity contribution in [1.29, 1.82) is 0 Å². The van der Waals surface area contributed by atoms with Gasteiger partial charge in [0.1, 0.15) is 0 Å². The van der Waals surface area contributed by atoms with E-state index in [2.05, 4.69) is 27.2 Å². The van der Waals surface area contributed by atoms with E-state index in [4.69, 9.17) is 0 Å². The summed E-state index contributed by atoms with van der Waals surface area (Å²) in [5.74, 6) is 0.602. The van der Waals surface area contributed by atoms with Gasteiger partial charge in [-0.05, 0) is 25.7 Å². The Balaban J connectivity index is 2.14. The average molecular weight is 300 g/mol. The molecule has 1 heterocycles. The molecule has 1 aromatic heterocycles. The smallest absolute Gasteiger partial charge is 0.260 e. The van der Waals surface area contributed by atoms with Crippen LogP contribution in [0.5, 0.6) is 0 Å². The summed E-state index contributed by atoms with van der Waals surface area (Å²) >= 11 is 0. The molecule has 1 aliphatic rings. The van der Waals surface area contributed by atoms with Crippen molar-refractivity contribution in [2.24, 2.45) is 5.92 Å². The zero-order chi connectivity index (χ0) is 14.9.